The first-order valence-corrected chi connectivity index (χ1v) is 9.79. The van der Waals surface area contributed by atoms with E-state index in [2.05, 4.69) is 17.1 Å². The molecule has 0 atom stereocenters. The Morgan fingerprint density at radius 2 is 1.62 bits per heavy atom. The molecule has 7 heteroatoms. The normalized spacial score (nSPS) is 16.0. The average molecular weight is 405 g/mol. The number of hydrogen-bond acceptors (Lipinski definition) is 3. The number of nitrogens with one attached hydrogen (secondary N) is 1. The molecule has 0 radical (unpaired) electrons. The van der Waals surface area contributed by atoms with Crippen LogP contribution in [-0.2, 0) is 12.7 Å². The van der Waals surface area contributed by atoms with Crippen LogP contribution in [0.2, 0.25) is 0 Å². The van der Waals surface area contributed by atoms with Gasteiger partial charge in [-0.25, -0.2) is 0 Å². The largest absolute Gasteiger partial charge is 0.416 e. The molecule has 1 fully saturated rings. The molecule has 0 aromatic heterocycles. The second kappa shape index (κ2) is 8.97. The van der Waals surface area contributed by atoms with Crippen LogP contribution in [0.25, 0.3) is 0 Å². The van der Waals surface area contributed by atoms with Gasteiger partial charge in [-0.3, -0.25) is 9.69 Å². The lowest BCUT2D eigenvalue weighted by Crippen LogP contribution is -2.45. The van der Waals surface area contributed by atoms with Crippen molar-refractivity contribution < 1.29 is 18.0 Å². The number of nitrogens with zero attached hydrogens (tertiary/aromatic N) is 2. The summed E-state index contributed by atoms with van der Waals surface area (Å²) in [5.41, 5.74) is 1.09. The minimum Gasteiger partial charge on any atom is -0.322 e. The van der Waals surface area contributed by atoms with Crippen molar-refractivity contribution in [1.29, 1.82) is 0 Å². The summed E-state index contributed by atoms with van der Waals surface area (Å²) in [4.78, 5) is 16.7. The number of benzene rings is 2. The van der Waals surface area contributed by atoms with Crippen molar-refractivity contribution in [3.8, 4) is 0 Å². The van der Waals surface area contributed by atoms with E-state index in [0.29, 0.717) is 5.56 Å². The molecule has 1 saturated heterocycles. The first kappa shape index (κ1) is 21.3. The van der Waals surface area contributed by atoms with Crippen LogP contribution in [0.1, 0.15) is 34.0 Å². The summed E-state index contributed by atoms with van der Waals surface area (Å²) in [6.45, 7) is 8.41. The first-order chi connectivity index (χ1) is 13.8. The van der Waals surface area contributed by atoms with Crippen molar-refractivity contribution in [3.05, 3.63) is 64.7 Å². The molecule has 156 valence electrons. The van der Waals surface area contributed by atoms with Gasteiger partial charge in [0.1, 0.15) is 0 Å². The fraction of sp³-hybridized carbons (Fsp3) is 0.409. The molecule has 3 rings (SSSR count). The number of carbonyl (C=O) groups excluding carboxylic acids is 1. The van der Waals surface area contributed by atoms with Gasteiger partial charge in [-0.15, -0.1) is 0 Å². The Labute approximate surface area is 169 Å². The van der Waals surface area contributed by atoms with Crippen LogP contribution in [0.5, 0.6) is 0 Å². The summed E-state index contributed by atoms with van der Waals surface area (Å²) in [5.74, 6) is -0.429. The molecule has 0 saturated carbocycles. The van der Waals surface area contributed by atoms with Crippen LogP contribution in [0.3, 0.4) is 0 Å². The number of piperazine rings is 1. The number of halogens is 3. The molecule has 29 heavy (non-hydrogen) atoms. The van der Waals surface area contributed by atoms with Gasteiger partial charge in [0.15, 0.2) is 0 Å². The first-order valence-electron chi connectivity index (χ1n) is 9.79. The minimum atomic E-state index is -4.48. The Bertz CT molecular complexity index is 841. The predicted molar refractivity (Wildman–Crippen MR) is 108 cm³/mol. The van der Waals surface area contributed by atoms with Gasteiger partial charge in [0.2, 0.25) is 0 Å². The smallest absolute Gasteiger partial charge is 0.322 e. The number of carbonyl (C=O) groups is 1. The van der Waals surface area contributed by atoms with Gasteiger partial charge in [0.25, 0.3) is 5.91 Å². The summed E-state index contributed by atoms with van der Waals surface area (Å²) in [6.07, 6.45) is -4.48. The van der Waals surface area contributed by atoms with Crippen LogP contribution >= 0.6 is 0 Å². The number of amides is 1. The number of anilines is 1. The zero-order valence-corrected chi connectivity index (χ0v) is 16.7. The van der Waals surface area contributed by atoms with Crippen LogP contribution in [-0.4, -0.2) is 48.4 Å². The van der Waals surface area contributed by atoms with Crippen molar-refractivity contribution in [2.24, 2.45) is 0 Å². The number of hydrogen-bond donors (Lipinski definition) is 1. The SMILES string of the molecule is CCN1CCN(Cc2ccc(NC(=O)c3ccc(C)cc3)cc2C(F)(F)F)CC1. The molecule has 0 unspecified atom stereocenters. The molecular formula is C22H26F3N3O. The van der Waals surface area contributed by atoms with E-state index in [0.717, 1.165) is 44.4 Å². The van der Waals surface area contributed by atoms with Crippen LogP contribution in [0.15, 0.2) is 42.5 Å². The van der Waals surface area contributed by atoms with Crippen molar-refractivity contribution in [1.82, 2.24) is 9.80 Å². The lowest BCUT2D eigenvalue weighted by atomic mass is 10.0. The van der Waals surface area contributed by atoms with E-state index < -0.39 is 17.6 Å². The number of alkyl halides is 3. The molecule has 1 aliphatic heterocycles. The van der Waals surface area contributed by atoms with Gasteiger partial charge in [-0.05, 0) is 43.3 Å². The third kappa shape index (κ3) is 5.58. The number of likely N-dealkylation sites (N-methyl/N-ethyl adjacent to an activating group) is 1. The van der Waals surface area contributed by atoms with Crippen LogP contribution in [0, 0.1) is 6.92 Å². The summed E-state index contributed by atoms with van der Waals surface area (Å²) < 4.78 is 41.0. The Balaban J connectivity index is 1.75. The van der Waals surface area contributed by atoms with Gasteiger partial charge >= 0.3 is 6.18 Å². The molecule has 0 spiro atoms. The standard InChI is InChI=1S/C22H26F3N3O/c1-3-27-10-12-28(13-11-27)15-18-8-9-19(14-20(18)22(23,24)25)26-21(29)17-6-4-16(2)5-7-17/h4-9,14H,3,10-13,15H2,1-2H3,(H,26,29). The minimum absolute atomic E-state index is 0.141. The van der Waals surface area contributed by atoms with E-state index in [9.17, 15) is 18.0 Å². The Morgan fingerprint density at radius 3 is 2.21 bits per heavy atom. The summed E-state index contributed by atoms with van der Waals surface area (Å²) in [5, 5.41) is 2.58. The fourth-order valence-corrected chi connectivity index (χ4v) is 3.47. The highest BCUT2D eigenvalue weighted by Gasteiger charge is 2.34. The highest BCUT2D eigenvalue weighted by atomic mass is 19.4. The maximum absolute atomic E-state index is 13.7. The topological polar surface area (TPSA) is 35.6 Å². The van der Waals surface area contributed by atoms with Crippen LogP contribution < -0.4 is 5.32 Å². The molecule has 2 aromatic carbocycles. The van der Waals surface area contributed by atoms with E-state index in [1.165, 1.54) is 6.07 Å². The van der Waals surface area contributed by atoms with E-state index in [4.69, 9.17) is 0 Å². The van der Waals surface area contributed by atoms with E-state index in [-0.39, 0.29) is 17.8 Å². The molecule has 0 aliphatic carbocycles. The van der Waals surface area contributed by atoms with Gasteiger partial charge in [0.05, 0.1) is 5.56 Å². The van der Waals surface area contributed by atoms with Gasteiger partial charge in [-0.2, -0.15) is 13.2 Å². The zero-order valence-electron chi connectivity index (χ0n) is 16.7. The van der Waals surface area contributed by atoms with Crippen molar-refractivity contribution >= 4 is 11.6 Å². The maximum Gasteiger partial charge on any atom is 0.416 e. The summed E-state index contributed by atoms with van der Waals surface area (Å²) in [7, 11) is 0. The monoisotopic (exact) mass is 405 g/mol. The lowest BCUT2D eigenvalue weighted by Gasteiger charge is -2.34. The molecule has 1 N–H and O–H groups in total. The van der Waals surface area contributed by atoms with E-state index in [1.54, 1.807) is 30.3 Å². The van der Waals surface area contributed by atoms with Crippen molar-refractivity contribution in [3.63, 3.8) is 0 Å². The molecule has 1 amide bonds. The fourth-order valence-electron chi connectivity index (χ4n) is 3.47. The quantitative estimate of drug-likeness (QED) is 0.801. The Morgan fingerprint density at radius 1 is 1.00 bits per heavy atom. The Kier molecular flexibility index (Phi) is 6.59. The molecule has 1 heterocycles. The van der Waals surface area contributed by atoms with Gasteiger partial charge in [0, 0.05) is 44.0 Å². The third-order valence-corrected chi connectivity index (χ3v) is 5.29. The van der Waals surface area contributed by atoms with Gasteiger partial charge < -0.3 is 10.2 Å². The predicted octanol–water partition coefficient (Wildman–Crippen LogP) is 4.40. The average Bonchev–Trinajstić information content (AvgIpc) is 2.69. The highest BCUT2D eigenvalue weighted by molar-refractivity contribution is 6.04. The van der Waals surface area contributed by atoms with Crippen molar-refractivity contribution in [2.75, 3.05) is 38.0 Å². The molecule has 1 aliphatic rings. The zero-order chi connectivity index (χ0) is 21.0. The molecular weight excluding hydrogens is 379 g/mol. The summed E-state index contributed by atoms with van der Waals surface area (Å²) >= 11 is 0. The number of rotatable bonds is 5. The van der Waals surface area contributed by atoms with Gasteiger partial charge in [-0.1, -0.05) is 30.7 Å². The van der Waals surface area contributed by atoms with Crippen molar-refractivity contribution in [2.45, 2.75) is 26.6 Å². The lowest BCUT2D eigenvalue weighted by molar-refractivity contribution is -0.138. The van der Waals surface area contributed by atoms with Crippen LogP contribution in [0.4, 0.5) is 18.9 Å². The molecule has 0 bridgehead atoms. The highest BCUT2D eigenvalue weighted by Crippen LogP contribution is 2.34. The molecule has 2 aromatic rings. The Hall–Kier alpha value is -2.38. The number of aryl methyl sites for hydroxylation is 1. The second-order valence-corrected chi connectivity index (χ2v) is 7.40. The van der Waals surface area contributed by atoms with E-state index in [1.807, 2.05) is 11.8 Å². The second-order valence-electron chi connectivity index (χ2n) is 7.40. The maximum atomic E-state index is 13.7. The molecule has 4 nitrogen and oxygen atoms in total. The third-order valence-electron chi connectivity index (χ3n) is 5.29. The summed E-state index contributed by atoms with van der Waals surface area (Å²) in [6, 6.07) is 10.9. The van der Waals surface area contributed by atoms with E-state index >= 15 is 0 Å².